The van der Waals surface area contributed by atoms with Crippen molar-refractivity contribution in [3.05, 3.63) is 72.0 Å². The fourth-order valence-corrected chi connectivity index (χ4v) is 6.74. The first-order chi connectivity index (χ1) is 21.2. The van der Waals surface area contributed by atoms with Gasteiger partial charge in [-0.05, 0) is 37.2 Å². The molecule has 0 aliphatic heterocycles. The van der Waals surface area contributed by atoms with Crippen LogP contribution in [0.4, 0.5) is 0 Å². The van der Waals surface area contributed by atoms with Gasteiger partial charge in [-0.15, -0.1) is 40.5 Å². The average Bonchev–Trinajstić information content (AvgIpc) is 3.57. The second-order valence-corrected chi connectivity index (χ2v) is 14.9. The normalized spacial score (nSPS) is 12.6. The third-order valence-corrected chi connectivity index (χ3v) is 9.59. The van der Waals surface area contributed by atoms with E-state index in [9.17, 15) is 9.90 Å². The molecule has 0 fully saturated rings. The van der Waals surface area contributed by atoms with Crippen LogP contribution in [-0.2, 0) is 35.7 Å². The second kappa shape index (κ2) is 15.4. The third-order valence-electron chi connectivity index (χ3n) is 8.51. The third kappa shape index (κ3) is 8.16. The summed E-state index contributed by atoms with van der Waals surface area (Å²) < 4.78 is 7.29. The van der Waals surface area contributed by atoms with Crippen molar-refractivity contribution in [1.29, 1.82) is 0 Å². The van der Waals surface area contributed by atoms with E-state index in [1.165, 1.54) is 17.0 Å². The maximum absolute atomic E-state index is 11.7. The minimum absolute atomic E-state index is 0. The molecule has 46 heavy (non-hydrogen) atoms. The molecule has 0 aliphatic carbocycles. The van der Waals surface area contributed by atoms with Crippen LogP contribution in [0.25, 0.3) is 42.5 Å². The Hall–Kier alpha value is -2.86. The molecule has 2 aromatic carbocycles. The number of carbonyl (C=O) groups excluding carboxylic acids is 1. The van der Waals surface area contributed by atoms with Crippen LogP contribution < -0.4 is 0 Å². The molecule has 0 amide bonds. The Morgan fingerprint density at radius 2 is 1.57 bits per heavy atom. The first kappa shape index (κ1) is 37.6. The van der Waals surface area contributed by atoms with Crippen molar-refractivity contribution < 1.29 is 34.4 Å². The van der Waals surface area contributed by atoms with E-state index in [0.29, 0.717) is 0 Å². The zero-order valence-corrected chi connectivity index (χ0v) is 32.2. The van der Waals surface area contributed by atoms with Gasteiger partial charge in [0.15, 0.2) is 16.2 Å². The molecule has 1 N–H and O–H groups in total. The molecule has 0 atom stereocenters. The SMILES string of the molecule is CC(C)(C)c1nc2sc3c(-c4[c-]c5ccccc5c(C(C)(C)C)c4)nccc3c2o1.CCC(CC)C(=O)/C=C(\O)C(CC)CC.[Ir]. The quantitative estimate of drug-likeness (QED) is 0.0959. The van der Waals surface area contributed by atoms with Crippen LogP contribution in [0.2, 0.25) is 0 Å². The number of rotatable bonds is 8. The van der Waals surface area contributed by atoms with E-state index in [2.05, 4.69) is 77.9 Å². The van der Waals surface area contributed by atoms with Gasteiger partial charge in [-0.3, -0.25) is 9.78 Å². The molecule has 1 radical (unpaired) electrons. The minimum Gasteiger partial charge on any atom is -0.512 e. The number of allylic oxidation sites excluding steroid dienone is 2. The largest absolute Gasteiger partial charge is 0.512 e. The van der Waals surface area contributed by atoms with Gasteiger partial charge < -0.3 is 9.52 Å². The van der Waals surface area contributed by atoms with Gasteiger partial charge in [0.25, 0.3) is 0 Å². The summed E-state index contributed by atoms with van der Waals surface area (Å²) in [5.41, 5.74) is 4.03. The molecule has 7 heteroatoms. The predicted octanol–water partition coefficient (Wildman–Crippen LogP) is 11.5. The summed E-state index contributed by atoms with van der Waals surface area (Å²) in [6, 6.07) is 16.4. The topological polar surface area (TPSA) is 76.2 Å². The zero-order valence-electron chi connectivity index (χ0n) is 29.0. The van der Waals surface area contributed by atoms with Crippen molar-refractivity contribution in [2.45, 2.75) is 106 Å². The summed E-state index contributed by atoms with van der Waals surface area (Å²) in [6.45, 7) is 21.2. The Labute approximate surface area is 292 Å². The molecule has 5 nitrogen and oxygen atoms in total. The monoisotopic (exact) mass is 818 g/mol. The summed E-state index contributed by atoms with van der Waals surface area (Å²) in [4.78, 5) is 22.2. The predicted molar refractivity (Wildman–Crippen MR) is 190 cm³/mol. The molecule has 0 bridgehead atoms. The summed E-state index contributed by atoms with van der Waals surface area (Å²) in [5, 5.41) is 13.2. The first-order valence-electron chi connectivity index (χ1n) is 16.3. The number of hydrogen-bond acceptors (Lipinski definition) is 6. The number of aromatic nitrogens is 2. The number of aliphatic hydroxyl groups excluding tert-OH is 1. The van der Waals surface area contributed by atoms with Crippen LogP contribution in [0.1, 0.15) is 106 Å². The number of fused-ring (bicyclic) bond motifs is 4. The zero-order chi connectivity index (χ0) is 33.1. The number of pyridine rings is 1. The van der Waals surface area contributed by atoms with Gasteiger partial charge in [0.1, 0.15) is 0 Å². The van der Waals surface area contributed by atoms with Crippen molar-refractivity contribution in [1.82, 2.24) is 9.97 Å². The fraction of sp³-hybridized carbons (Fsp3) is 0.462. The van der Waals surface area contributed by atoms with E-state index in [-0.39, 0.29) is 54.3 Å². The van der Waals surface area contributed by atoms with Crippen LogP contribution >= 0.6 is 11.3 Å². The Kier molecular flexibility index (Phi) is 12.6. The van der Waals surface area contributed by atoms with E-state index in [0.717, 1.165) is 68.7 Å². The molecule has 5 aromatic rings. The molecule has 3 aromatic heterocycles. The van der Waals surface area contributed by atoms with Crippen molar-refractivity contribution >= 4 is 48.4 Å². The van der Waals surface area contributed by atoms with E-state index >= 15 is 0 Å². The van der Waals surface area contributed by atoms with Crippen molar-refractivity contribution in [3.8, 4) is 11.3 Å². The van der Waals surface area contributed by atoms with E-state index < -0.39 is 0 Å². The Bertz CT molecular complexity index is 1810. The number of carbonyl (C=O) groups is 1. The van der Waals surface area contributed by atoms with E-state index in [1.807, 2.05) is 40.0 Å². The van der Waals surface area contributed by atoms with Gasteiger partial charge in [0.2, 0.25) is 5.89 Å². The smallest absolute Gasteiger partial charge is 0.201 e. The van der Waals surface area contributed by atoms with Gasteiger partial charge in [-0.25, -0.2) is 4.98 Å². The second-order valence-electron chi connectivity index (χ2n) is 13.9. The Morgan fingerprint density at radius 1 is 0.935 bits per heavy atom. The first-order valence-corrected chi connectivity index (χ1v) is 17.1. The van der Waals surface area contributed by atoms with Crippen LogP contribution in [0.15, 0.2) is 58.8 Å². The molecule has 0 spiro atoms. The molecule has 0 aliphatic rings. The van der Waals surface area contributed by atoms with Crippen LogP contribution in [0, 0.1) is 17.9 Å². The van der Waals surface area contributed by atoms with E-state index in [1.54, 1.807) is 11.3 Å². The van der Waals surface area contributed by atoms with E-state index in [4.69, 9.17) is 14.4 Å². The number of oxazole rings is 1. The fourth-order valence-electron chi connectivity index (χ4n) is 5.64. The summed E-state index contributed by atoms with van der Waals surface area (Å²) in [6.07, 6.45) is 6.77. The van der Waals surface area contributed by atoms with Gasteiger partial charge in [-0.1, -0.05) is 98.4 Å². The molecular formula is C39H49IrN2O3S-. The summed E-state index contributed by atoms with van der Waals surface area (Å²) >= 11 is 1.65. The maximum Gasteiger partial charge on any atom is 0.201 e. The summed E-state index contributed by atoms with van der Waals surface area (Å²) in [7, 11) is 0. The van der Waals surface area contributed by atoms with Crippen LogP contribution in [0.5, 0.6) is 0 Å². The minimum atomic E-state index is -0.116. The van der Waals surface area contributed by atoms with Crippen molar-refractivity contribution in [2.24, 2.45) is 11.8 Å². The standard InChI is InChI=1S/C26H25N2OS.C13H24O2.Ir/c1-25(2,3)19-14-16(13-15-9-7-8-10-17(15)19)20-22-18(11-12-27-20)21-23(30-22)28-24(29-21)26(4,5)6;1-5-10(6-2)12(14)9-13(15)11(7-3)8-4;/h7-12,14H,1-6H3;9-11,14H,5-8H2,1-4H3;/q-1;;/b;12-9-;. The van der Waals surface area contributed by atoms with Gasteiger partial charge >= 0.3 is 0 Å². The van der Waals surface area contributed by atoms with Gasteiger partial charge in [0, 0.05) is 65.4 Å². The number of nitrogens with zero attached hydrogens (tertiary/aromatic N) is 2. The maximum atomic E-state index is 11.7. The van der Waals surface area contributed by atoms with Crippen molar-refractivity contribution in [2.75, 3.05) is 0 Å². The van der Waals surface area contributed by atoms with Gasteiger partial charge in [0.05, 0.1) is 5.76 Å². The number of hydrogen-bond donors (Lipinski definition) is 1. The molecule has 0 saturated heterocycles. The molecule has 0 unspecified atom stereocenters. The molecule has 249 valence electrons. The van der Waals surface area contributed by atoms with Gasteiger partial charge in [-0.2, -0.15) is 0 Å². The van der Waals surface area contributed by atoms with Crippen molar-refractivity contribution in [3.63, 3.8) is 0 Å². The van der Waals surface area contributed by atoms with Crippen LogP contribution in [0.3, 0.4) is 0 Å². The number of thiophene rings is 1. The average molecular weight is 818 g/mol. The van der Waals surface area contributed by atoms with Crippen LogP contribution in [-0.4, -0.2) is 20.9 Å². The number of aliphatic hydroxyl groups is 1. The summed E-state index contributed by atoms with van der Waals surface area (Å²) in [5.74, 6) is 1.32. The molecule has 0 saturated carbocycles. The number of ketones is 1. The Morgan fingerprint density at radius 3 is 2.15 bits per heavy atom. The molecule has 5 rings (SSSR count). The number of benzene rings is 2. The molecular weight excluding hydrogens is 769 g/mol. The Balaban J connectivity index is 0.000000309. The molecule has 3 heterocycles.